The smallest absolute Gasteiger partial charge is 0.291 e. The Labute approximate surface area is 120 Å². The van der Waals surface area contributed by atoms with Crippen molar-refractivity contribution in [2.24, 2.45) is 4.99 Å². The number of hydrogen-bond donors (Lipinski definition) is 1. The second kappa shape index (κ2) is 8.19. The Morgan fingerprint density at radius 3 is 2.45 bits per heavy atom. The van der Waals surface area contributed by atoms with Crippen molar-refractivity contribution in [3.8, 4) is 5.75 Å². The number of methoxy groups -OCH3 is 1. The first-order valence-corrected chi connectivity index (χ1v) is 6.76. The van der Waals surface area contributed by atoms with Crippen molar-refractivity contribution in [3.05, 3.63) is 29.8 Å². The molecule has 20 heavy (non-hydrogen) atoms. The van der Waals surface area contributed by atoms with E-state index in [1.165, 1.54) is 0 Å². The fourth-order valence-corrected chi connectivity index (χ4v) is 1.45. The van der Waals surface area contributed by atoms with Crippen molar-refractivity contribution in [2.75, 3.05) is 13.7 Å². The molecular weight excluding hydrogens is 256 g/mol. The quantitative estimate of drug-likeness (QED) is 0.665. The first kappa shape index (κ1) is 16.0. The molecule has 1 rings (SSSR count). The Morgan fingerprint density at radius 1 is 1.30 bits per heavy atom. The van der Waals surface area contributed by atoms with Crippen molar-refractivity contribution in [1.29, 1.82) is 0 Å². The molecule has 0 saturated carbocycles. The monoisotopic (exact) mass is 278 g/mol. The molecule has 0 saturated heterocycles. The maximum atomic E-state index is 12.1. The molecular formula is C15H22N2O3. The average Bonchev–Trinajstić information content (AvgIpc) is 2.47. The summed E-state index contributed by atoms with van der Waals surface area (Å²) in [7, 11) is 1.58. The van der Waals surface area contributed by atoms with Gasteiger partial charge in [0.05, 0.1) is 19.8 Å². The fourth-order valence-electron chi connectivity index (χ4n) is 1.45. The van der Waals surface area contributed by atoms with E-state index < -0.39 is 0 Å². The van der Waals surface area contributed by atoms with Gasteiger partial charge in [0, 0.05) is 5.56 Å². The van der Waals surface area contributed by atoms with E-state index >= 15 is 0 Å². The fraction of sp³-hybridized carbons (Fsp3) is 0.467. The number of nitrogens with one attached hydrogen (secondary N) is 1. The molecule has 1 aromatic rings. The third-order valence-electron chi connectivity index (χ3n) is 2.78. The predicted octanol–water partition coefficient (Wildman–Crippen LogP) is 2.62. The van der Waals surface area contributed by atoms with Gasteiger partial charge in [0.15, 0.2) is 0 Å². The first-order chi connectivity index (χ1) is 9.60. The summed E-state index contributed by atoms with van der Waals surface area (Å²) in [4.78, 5) is 16.4. The zero-order chi connectivity index (χ0) is 15.0. The van der Waals surface area contributed by atoms with Crippen molar-refractivity contribution >= 4 is 11.9 Å². The molecule has 1 aromatic carbocycles. The Morgan fingerprint density at radius 2 is 1.95 bits per heavy atom. The van der Waals surface area contributed by atoms with Crippen LogP contribution in [0, 0.1) is 0 Å². The van der Waals surface area contributed by atoms with Crippen molar-refractivity contribution in [2.45, 2.75) is 33.2 Å². The molecule has 0 aliphatic carbocycles. The number of hydrogen-bond acceptors (Lipinski definition) is 4. The molecule has 0 fully saturated rings. The van der Waals surface area contributed by atoms with Crippen LogP contribution in [0.4, 0.5) is 0 Å². The van der Waals surface area contributed by atoms with Crippen LogP contribution in [-0.4, -0.2) is 31.7 Å². The average molecular weight is 278 g/mol. The lowest BCUT2D eigenvalue weighted by atomic mass is 10.2. The largest absolute Gasteiger partial charge is 0.497 e. The van der Waals surface area contributed by atoms with E-state index in [4.69, 9.17) is 9.47 Å². The van der Waals surface area contributed by atoms with Crippen molar-refractivity contribution < 1.29 is 14.3 Å². The maximum absolute atomic E-state index is 12.1. The number of nitrogens with zero attached hydrogens (tertiary/aromatic N) is 1. The number of carbonyl (C=O) groups is 1. The van der Waals surface area contributed by atoms with E-state index in [1.54, 1.807) is 31.4 Å². The lowest BCUT2D eigenvalue weighted by Crippen LogP contribution is -2.33. The molecule has 0 heterocycles. The molecule has 0 unspecified atom stereocenters. The Bertz CT molecular complexity index is 455. The van der Waals surface area contributed by atoms with Crippen LogP contribution in [0.2, 0.25) is 0 Å². The van der Waals surface area contributed by atoms with Gasteiger partial charge in [-0.1, -0.05) is 6.92 Å². The summed E-state index contributed by atoms with van der Waals surface area (Å²) in [6.45, 7) is 6.31. The summed E-state index contributed by atoms with van der Waals surface area (Å²) < 4.78 is 10.4. The SMILES string of the molecule is CCOC(=N[C@@H](C)CC)NC(=O)c1ccc(OC)cc1. The van der Waals surface area contributed by atoms with Crippen molar-refractivity contribution in [1.82, 2.24) is 5.32 Å². The summed E-state index contributed by atoms with van der Waals surface area (Å²) in [6, 6.07) is 7.24. The number of benzene rings is 1. The Hall–Kier alpha value is -2.04. The van der Waals surface area contributed by atoms with Gasteiger partial charge >= 0.3 is 0 Å². The molecule has 5 heteroatoms. The number of rotatable bonds is 5. The second-order valence-corrected chi connectivity index (χ2v) is 4.31. The molecule has 1 amide bonds. The number of carbonyl (C=O) groups excluding carboxylic acids is 1. The van der Waals surface area contributed by atoms with Crippen molar-refractivity contribution in [3.63, 3.8) is 0 Å². The summed E-state index contributed by atoms with van der Waals surface area (Å²) in [5.41, 5.74) is 0.530. The van der Waals surface area contributed by atoms with Gasteiger partial charge in [-0.05, 0) is 44.5 Å². The van der Waals surface area contributed by atoms with E-state index in [-0.39, 0.29) is 18.0 Å². The van der Waals surface area contributed by atoms with Crippen LogP contribution in [0.1, 0.15) is 37.6 Å². The highest BCUT2D eigenvalue weighted by atomic mass is 16.5. The lowest BCUT2D eigenvalue weighted by molar-refractivity contribution is 0.0966. The van der Waals surface area contributed by atoms with Crippen LogP contribution in [-0.2, 0) is 4.74 Å². The topological polar surface area (TPSA) is 59.9 Å². The third-order valence-corrected chi connectivity index (χ3v) is 2.78. The molecule has 0 aliphatic heterocycles. The first-order valence-electron chi connectivity index (χ1n) is 6.76. The highest BCUT2D eigenvalue weighted by Crippen LogP contribution is 2.11. The van der Waals surface area contributed by atoms with E-state index in [1.807, 2.05) is 20.8 Å². The van der Waals surface area contributed by atoms with Crippen LogP contribution in [0.3, 0.4) is 0 Å². The summed E-state index contributed by atoms with van der Waals surface area (Å²) in [5, 5.41) is 2.68. The van der Waals surface area contributed by atoms with Gasteiger partial charge in [0.1, 0.15) is 5.75 Å². The van der Waals surface area contributed by atoms with Gasteiger partial charge in [-0.15, -0.1) is 0 Å². The van der Waals surface area contributed by atoms with Crippen LogP contribution < -0.4 is 10.1 Å². The van der Waals surface area contributed by atoms with Gasteiger partial charge in [-0.25, -0.2) is 4.99 Å². The summed E-state index contributed by atoms with van der Waals surface area (Å²) >= 11 is 0. The van der Waals surface area contributed by atoms with Crippen LogP contribution in [0.5, 0.6) is 5.75 Å². The van der Waals surface area contributed by atoms with Gasteiger partial charge in [0.25, 0.3) is 11.9 Å². The van der Waals surface area contributed by atoms with Crippen LogP contribution in [0.25, 0.3) is 0 Å². The number of ether oxygens (including phenoxy) is 2. The number of amides is 1. The van der Waals surface area contributed by atoms with Gasteiger partial charge in [-0.3, -0.25) is 10.1 Å². The minimum atomic E-state index is -0.247. The Balaban J connectivity index is 2.76. The van der Waals surface area contributed by atoms with E-state index in [2.05, 4.69) is 10.3 Å². The van der Waals surface area contributed by atoms with Gasteiger partial charge < -0.3 is 9.47 Å². The summed E-state index contributed by atoms with van der Waals surface area (Å²) in [5.74, 6) is 0.461. The van der Waals surface area contributed by atoms with E-state index in [0.29, 0.717) is 17.9 Å². The second-order valence-electron chi connectivity index (χ2n) is 4.31. The van der Waals surface area contributed by atoms with Crippen LogP contribution >= 0.6 is 0 Å². The maximum Gasteiger partial charge on any atom is 0.291 e. The lowest BCUT2D eigenvalue weighted by Gasteiger charge is -2.11. The number of aliphatic imine (C=N–C) groups is 1. The van der Waals surface area contributed by atoms with Crippen LogP contribution in [0.15, 0.2) is 29.3 Å². The third kappa shape index (κ3) is 4.91. The highest BCUT2D eigenvalue weighted by Gasteiger charge is 2.10. The normalized spacial score (nSPS) is 12.7. The molecule has 0 spiro atoms. The zero-order valence-corrected chi connectivity index (χ0v) is 12.5. The standard InChI is InChI=1S/C15H22N2O3/c1-5-11(3)16-15(20-6-2)17-14(18)12-7-9-13(19-4)10-8-12/h7-11H,5-6H2,1-4H3,(H,16,17,18)/t11-/m0/s1. The predicted molar refractivity (Wildman–Crippen MR) is 79.3 cm³/mol. The van der Waals surface area contributed by atoms with E-state index in [0.717, 1.165) is 6.42 Å². The van der Waals surface area contributed by atoms with Gasteiger partial charge in [0.2, 0.25) is 0 Å². The molecule has 110 valence electrons. The Kier molecular flexibility index (Phi) is 6.56. The molecule has 0 radical (unpaired) electrons. The molecule has 1 N–H and O–H groups in total. The molecule has 5 nitrogen and oxygen atoms in total. The number of amidine groups is 1. The molecule has 1 atom stereocenters. The summed E-state index contributed by atoms with van der Waals surface area (Å²) in [6.07, 6.45) is 0.884. The molecule has 0 aromatic heterocycles. The zero-order valence-electron chi connectivity index (χ0n) is 12.5. The molecule has 0 bridgehead atoms. The highest BCUT2D eigenvalue weighted by molar-refractivity contribution is 6.04. The van der Waals surface area contributed by atoms with Gasteiger partial charge in [-0.2, -0.15) is 0 Å². The molecule has 0 aliphatic rings. The van der Waals surface area contributed by atoms with E-state index in [9.17, 15) is 4.79 Å². The minimum absolute atomic E-state index is 0.104. The minimum Gasteiger partial charge on any atom is -0.497 e.